The summed E-state index contributed by atoms with van der Waals surface area (Å²) in [5, 5.41) is 7.66. The molecule has 20 heavy (non-hydrogen) atoms. The molecule has 2 aromatic carbocycles. The summed E-state index contributed by atoms with van der Waals surface area (Å²) in [5.41, 5.74) is 3.60. The summed E-state index contributed by atoms with van der Waals surface area (Å²) < 4.78 is 0. The Labute approximate surface area is 124 Å². The number of nitrogens with zero attached hydrogens (tertiary/aromatic N) is 2. The average molecular weight is 285 g/mol. The molecule has 0 aliphatic carbocycles. The third-order valence-electron chi connectivity index (χ3n) is 3.68. The van der Waals surface area contributed by atoms with Gasteiger partial charge in [-0.3, -0.25) is 5.01 Å². The van der Waals surface area contributed by atoms with Gasteiger partial charge >= 0.3 is 0 Å². The van der Waals surface area contributed by atoms with Gasteiger partial charge < -0.3 is 0 Å². The zero-order valence-electron chi connectivity index (χ0n) is 11.5. The monoisotopic (exact) mass is 284 g/mol. The van der Waals surface area contributed by atoms with E-state index in [2.05, 4.69) is 54.4 Å². The predicted molar refractivity (Wildman–Crippen MR) is 84.4 cm³/mol. The van der Waals surface area contributed by atoms with Crippen LogP contribution in [0.1, 0.15) is 24.0 Å². The van der Waals surface area contributed by atoms with Gasteiger partial charge in [0.05, 0.1) is 5.71 Å². The van der Waals surface area contributed by atoms with Gasteiger partial charge in [-0.05, 0) is 30.2 Å². The minimum Gasteiger partial charge on any atom is -0.296 e. The highest BCUT2D eigenvalue weighted by Crippen LogP contribution is 2.28. The van der Waals surface area contributed by atoms with Crippen LogP contribution in [-0.4, -0.2) is 23.8 Å². The van der Waals surface area contributed by atoms with Crippen molar-refractivity contribution in [2.24, 2.45) is 5.10 Å². The second-order valence-electron chi connectivity index (χ2n) is 4.96. The molecule has 3 rings (SSSR count). The first-order valence-corrected chi connectivity index (χ1v) is 7.30. The second kappa shape index (κ2) is 5.68. The molecule has 2 aromatic rings. The average Bonchev–Trinajstić information content (AvgIpc) is 2.93. The normalized spacial score (nSPS) is 18.2. The minimum absolute atomic E-state index is 0.331. The van der Waals surface area contributed by atoms with E-state index >= 15 is 0 Å². The lowest BCUT2D eigenvalue weighted by atomic mass is 9.91. The first-order valence-electron chi connectivity index (χ1n) is 6.92. The number of likely N-dealkylation sites (N-methyl/N-ethyl adjacent to an activating group) is 1. The maximum atomic E-state index is 5.98. The lowest BCUT2D eigenvalue weighted by Crippen LogP contribution is -2.18. The summed E-state index contributed by atoms with van der Waals surface area (Å²) in [6.07, 6.45) is 0. The molecular weight excluding hydrogens is 268 g/mol. The third-order valence-corrected chi connectivity index (χ3v) is 3.93. The molecule has 3 heteroatoms. The van der Waals surface area contributed by atoms with E-state index < -0.39 is 0 Å². The molecule has 0 bridgehead atoms. The van der Waals surface area contributed by atoms with Crippen molar-refractivity contribution >= 4 is 17.3 Å². The van der Waals surface area contributed by atoms with Gasteiger partial charge in [0, 0.05) is 24.0 Å². The van der Waals surface area contributed by atoms with Crippen LogP contribution >= 0.6 is 11.6 Å². The van der Waals surface area contributed by atoms with Crippen LogP contribution < -0.4 is 0 Å². The number of rotatable bonds is 3. The van der Waals surface area contributed by atoms with Crippen molar-refractivity contribution in [3.8, 4) is 0 Å². The molecule has 0 fully saturated rings. The minimum atomic E-state index is 0.331. The predicted octanol–water partition coefficient (Wildman–Crippen LogP) is 4.16. The maximum Gasteiger partial charge on any atom is 0.0770 e. The van der Waals surface area contributed by atoms with Gasteiger partial charge in [-0.25, -0.2) is 0 Å². The molecule has 2 nitrogen and oxygen atoms in total. The van der Waals surface area contributed by atoms with Gasteiger partial charge in [-0.15, -0.1) is 0 Å². The van der Waals surface area contributed by atoms with Gasteiger partial charge in [0.2, 0.25) is 0 Å². The summed E-state index contributed by atoms with van der Waals surface area (Å²) in [6, 6.07) is 18.5. The van der Waals surface area contributed by atoms with Crippen molar-refractivity contribution in [2.45, 2.75) is 12.8 Å². The number of benzene rings is 2. The van der Waals surface area contributed by atoms with Crippen molar-refractivity contribution in [2.75, 3.05) is 13.1 Å². The lowest BCUT2D eigenvalue weighted by molar-refractivity contribution is 0.327. The smallest absolute Gasteiger partial charge is 0.0770 e. The Bertz CT molecular complexity index is 605. The van der Waals surface area contributed by atoms with Crippen LogP contribution in [0.25, 0.3) is 0 Å². The van der Waals surface area contributed by atoms with Gasteiger partial charge in [-0.2, -0.15) is 5.10 Å². The molecule has 1 atom stereocenters. The van der Waals surface area contributed by atoms with Gasteiger partial charge in [-0.1, -0.05) is 54.1 Å². The van der Waals surface area contributed by atoms with E-state index in [0.29, 0.717) is 5.92 Å². The third kappa shape index (κ3) is 2.56. The summed E-state index contributed by atoms with van der Waals surface area (Å²) in [7, 11) is 0. The SMILES string of the molecule is CCN1C[C@H](c2ccccc2)C(c2ccc(Cl)cc2)=N1. The summed E-state index contributed by atoms with van der Waals surface area (Å²) >= 11 is 5.98. The lowest BCUT2D eigenvalue weighted by Gasteiger charge is -2.14. The zero-order valence-corrected chi connectivity index (χ0v) is 12.2. The van der Waals surface area contributed by atoms with Crippen molar-refractivity contribution in [3.05, 3.63) is 70.7 Å². The van der Waals surface area contributed by atoms with Gasteiger partial charge in [0.15, 0.2) is 0 Å². The maximum absolute atomic E-state index is 5.98. The Hall–Kier alpha value is -1.80. The fraction of sp³-hybridized carbons (Fsp3) is 0.235. The summed E-state index contributed by atoms with van der Waals surface area (Å²) in [5.74, 6) is 0.331. The van der Waals surface area contributed by atoms with Gasteiger partial charge in [0.25, 0.3) is 0 Å². The van der Waals surface area contributed by atoms with Crippen molar-refractivity contribution in [1.82, 2.24) is 5.01 Å². The molecule has 0 N–H and O–H groups in total. The van der Waals surface area contributed by atoms with E-state index in [1.807, 2.05) is 12.1 Å². The molecule has 1 aliphatic heterocycles. The standard InChI is InChI=1S/C17H17ClN2/c1-2-20-12-16(13-6-4-3-5-7-13)17(19-20)14-8-10-15(18)11-9-14/h3-11,16H,2,12H2,1H3/t16-/m1/s1. The zero-order chi connectivity index (χ0) is 13.9. The molecule has 0 aromatic heterocycles. The van der Waals surface area contributed by atoms with Crippen LogP contribution in [0.4, 0.5) is 0 Å². The molecule has 0 unspecified atom stereocenters. The van der Waals surface area contributed by atoms with Crippen LogP contribution in [-0.2, 0) is 0 Å². The van der Waals surface area contributed by atoms with E-state index in [1.54, 1.807) is 0 Å². The Morgan fingerprint density at radius 2 is 1.80 bits per heavy atom. The second-order valence-corrected chi connectivity index (χ2v) is 5.40. The van der Waals surface area contributed by atoms with E-state index in [0.717, 1.165) is 29.4 Å². The van der Waals surface area contributed by atoms with Crippen LogP contribution in [0.15, 0.2) is 59.7 Å². The first-order chi connectivity index (χ1) is 9.78. The molecular formula is C17H17ClN2. The summed E-state index contributed by atoms with van der Waals surface area (Å²) in [4.78, 5) is 0. The molecule has 1 aliphatic rings. The fourth-order valence-electron chi connectivity index (χ4n) is 2.59. The molecule has 0 amide bonds. The van der Waals surface area contributed by atoms with Crippen LogP contribution in [0, 0.1) is 0 Å². The highest BCUT2D eigenvalue weighted by molar-refractivity contribution is 6.30. The van der Waals surface area contributed by atoms with Crippen LogP contribution in [0.3, 0.4) is 0 Å². The van der Waals surface area contributed by atoms with Crippen molar-refractivity contribution in [3.63, 3.8) is 0 Å². The topological polar surface area (TPSA) is 15.6 Å². The quantitative estimate of drug-likeness (QED) is 0.826. The highest BCUT2D eigenvalue weighted by atomic mass is 35.5. The number of halogens is 1. The fourth-order valence-corrected chi connectivity index (χ4v) is 2.71. The Morgan fingerprint density at radius 1 is 1.10 bits per heavy atom. The largest absolute Gasteiger partial charge is 0.296 e. The summed E-state index contributed by atoms with van der Waals surface area (Å²) in [6.45, 7) is 4.01. The molecule has 0 saturated heterocycles. The Kier molecular flexibility index (Phi) is 3.75. The van der Waals surface area contributed by atoms with Crippen molar-refractivity contribution in [1.29, 1.82) is 0 Å². The van der Waals surface area contributed by atoms with E-state index in [-0.39, 0.29) is 0 Å². The van der Waals surface area contributed by atoms with E-state index in [9.17, 15) is 0 Å². The molecule has 0 spiro atoms. The van der Waals surface area contributed by atoms with Crippen LogP contribution in [0.5, 0.6) is 0 Å². The highest BCUT2D eigenvalue weighted by Gasteiger charge is 2.28. The molecule has 0 saturated carbocycles. The van der Waals surface area contributed by atoms with Crippen molar-refractivity contribution < 1.29 is 0 Å². The Morgan fingerprint density at radius 3 is 2.45 bits per heavy atom. The Balaban J connectivity index is 1.98. The first kappa shape index (κ1) is 13.2. The van der Waals surface area contributed by atoms with Gasteiger partial charge in [0.1, 0.15) is 0 Å². The molecule has 1 heterocycles. The number of hydrogen-bond acceptors (Lipinski definition) is 2. The molecule has 0 radical (unpaired) electrons. The molecule has 102 valence electrons. The number of hydrazone groups is 1. The number of hydrogen-bond donors (Lipinski definition) is 0. The van der Waals surface area contributed by atoms with E-state index in [4.69, 9.17) is 16.7 Å². The van der Waals surface area contributed by atoms with E-state index in [1.165, 1.54) is 5.56 Å². The van der Waals surface area contributed by atoms with Crippen LogP contribution in [0.2, 0.25) is 5.02 Å².